The predicted octanol–water partition coefficient (Wildman–Crippen LogP) is 4.31. The van der Waals surface area contributed by atoms with E-state index in [4.69, 9.17) is 11.6 Å². The molecule has 0 aromatic heterocycles. The molecule has 0 heterocycles. The van der Waals surface area contributed by atoms with Crippen LogP contribution in [-0.4, -0.2) is 6.36 Å². The fraction of sp³-hybridized carbons (Fsp3) is 0.250. The van der Waals surface area contributed by atoms with E-state index in [0.717, 1.165) is 0 Å². The van der Waals surface area contributed by atoms with Gasteiger partial charge in [0, 0.05) is 4.47 Å². The Bertz CT molecular complexity index is 328. The van der Waals surface area contributed by atoms with Crippen LogP contribution < -0.4 is 4.74 Å². The standard InChI is InChI=1S/C8H5BrClF3O/c1-4-2-5(14-8(11,12)13)3-6(9)7(4)10/h2-3H,1H3. The molecule has 0 bridgehead atoms. The Balaban J connectivity index is 3.02. The van der Waals surface area contributed by atoms with E-state index in [1.165, 1.54) is 12.1 Å². The molecule has 1 rings (SSSR count). The molecule has 0 aliphatic heterocycles. The fourth-order valence-corrected chi connectivity index (χ4v) is 1.54. The number of alkyl halides is 3. The second-order valence-electron chi connectivity index (χ2n) is 2.58. The highest BCUT2D eigenvalue weighted by Crippen LogP contribution is 2.33. The van der Waals surface area contributed by atoms with Crippen LogP contribution in [0.25, 0.3) is 0 Å². The fourth-order valence-electron chi connectivity index (χ4n) is 0.888. The van der Waals surface area contributed by atoms with Crippen molar-refractivity contribution >= 4 is 27.5 Å². The zero-order valence-electron chi connectivity index (χ0n) is 6.95. The molecule has 0 N–H and O–H groups in total. The van der Waals surface area contributed by atoms with Crippen molar-refractivity contribution in [1.29, 1.82) is 0 Å². The molecular weight excluding hydrogens is 284 g/mol. The maximum Gasteiger partial charge on any atom is 0.573 e. The van der Waals surface area contributed by atoms with Gasteiger partial charge in [-0.25, -0.2) is 0 Å². The summed E-state index contributed by atoms with van der Waals surface area (Å²) in [4.78, 5) is 0. The van der Waals surface area contributed by atoms with Gasteiger partial charge in [-0.2, -0.15) is 0 Å². The van der Waals surface area contributed by atoms with E-state index in [0.29, 0.717) is 15.1 Å². The van der Waals surface area contributed by atoms with Gasteiger partial charge in [0.2, 0.25) is 0 Å². The molecule has 78 valence electrons. The van der Waals surface area contributed by atoms with Gasteiger partial charge in [0.25, 0.3) is 0 Å². The second kappa shape index (κ2) is 3.98. The van der Waals surface area contributed by atoms with Gasteiger partial charge >= 0.3 is 6.36 Å². The number of halogens is 5. The van der Waals surface area contributed by atoms with Crippen LogP contribution in [0.4, 0.5) is 13.2 Å². The Kier molecular flexibility index (Phi) is 3.32. The molecule has 0 fully saturated rings. The van der Waals surface area contributed by atoms with Crippen LogP contribution in [-0.2, 0) is 0 Å². The van der Waals surface area contributed by atoms with Crippen molar-refractivity contribution in [1.82, 2.24) is 0 Å². The summed E-state index contributed by atoms with van der Waals surface area (Å²) in [6, 6.07) is 2.39. The zero-order valence-corrected chi connectivity index (χ0v) is 9.29. The highest BCUT2D eigenvalue weighted by Gasteiger charge is 2.31. The lowest BCUT2D eigenvalue weighted by Crippen LogP contribution is -2.17. The van der Waals surface area contributed by atoms with Crippen molar-refractivity contribution < 1.29 is 17.9 Å². The van der Waals surface area contributed by atoms with Crippen LogP contribution in [0.15, 0.2) is 16.6 Å². The molecule has 6 heteroatoms. The maximum atomic E-state index is 11.8. The number of ether oxygens (including phenoxy) is 1. The highest BCUT2D eigenvalue weighted by atomic mass is 79.9. The van der Waals surface area contributed by atoms with Gasteiger partial charge < -0.3 is 4.74 Å². The summed E-state index contributed by atoms with van der Waals surface area (Å²) in [5, 5.41) is 0.375. The molecule has 1 aromatic rings. The summed E-state index contributed by atoms with van der Waals surface area (Å²) < 4.78 is 39.6. The van der Waals surface area contributed by atoms with E-state index >= 15 is 0 Å². The molecule has 0 saturated carbocycles. The maximum absolute atomic E-state index is 11.8. The minimum Gasteiger partial charge on any atom is -0.406 e. The zero-order chi connectivity index (χ0) is 10.9. The van der Waals surface area contributed by atoms with E-state index in [9.17, 15) is 13.2 Å². The summed E-state index contributed by atoms with van der Waals surface area (Å²) in [7, 11) is 0. The summed E-state index contributed by atoms with van der Waals surface area (Å²) >= 11 is 8.76. The molecule has 0 saturated heterocycles. The minimum absolute atomic E-state index is 0.286. The van der Waals surface area contributed by atoms with Crippen molar-refractivity contribution in [3.05, 3.63) is 27.2 Å². The lowest BCUT2D eigenvalue weighted by atomic mass is 10.2. The Labute approximate surface area is 91.9 Å². The van der Waals surface area contributed by atoms with E-state index in [1.54, 1.807) is 6.92 Å². The predicted molar refractivity (Wildman–Crippen MR) is 50.6 cm³/mol. The minimum atomic E-state index is -4.68. The van der Waals surface area contributed by atoms with Crippen LogP contribution in [0.5, 0.6) is 5.75 Å². The number of benzene rings is 1. The van der Waals surface area contributed by atoms with Gasteiger partial charge in [-0.15, -0.1) is 13.2 Å². The summed E-state index contributed by atoms with van der Waals surface area (Å²) in [6.45, 7) is 1.59. The molecule has 0 atom stereocenters. The van der Waals surface area contributed by atoms with Crippen molar-refractivity contribution in [2.45, 2.75) is 13.3 Å². The van der Waals surface area contributed by atoms with Gasteiger partial charge in [0.15, 0.2) is 0 Å². The number of rotatable bonds is 1. The van der Waals surface area contributed by atoms with Crippen LogP contribution in [0.1, 0.15) is 5.56 Å². The van der Waals surface area contributed by atoms with Gasteiger partial charge in [-0.3, -0.25) is 0 Å². The number of hydrogen-bond acceptors (Lipinski definition) is 1. The molecule has 0 radical (unpaired) electrons. The molecular formula is C8H5BrClF3O. The molecule has 1 aromatic carbocycles. The summed E-state index contributed by atoms with van der Waals surface area (Å²) in [6.07, 6.45) is -4.68. The van der Waals surface area contributed by atoms with E-state index in [1.807, 2.05) is 0 Å². The molecule has 14 heavy (non-hydrogen) atoms. The lowest BCUT2D eigenvalue weighted by molar-refractivity contribution is -0.274. The first kappa shape index (κ1) is 11.7. The van der Waals surface area contributed by atoms with Crippen LogP contribution in [0.3, 0.4) is 0 Å². The van der Waals surface area contributed by atoms with Crippen molar-refractivity contribution in [3.63, 3.8) is 0 Å². The SMILES string of the molecule is Cc1cc(OC(F)(F)F)cc(Br)c1Cl. The van der Waals surface area contributed by atoms with Gasteiger partial charge in [0.05, 0.1) is 5.02 Å². The van der Waals surface area contributed by atoms with E-state index in [2.05, 4.69) is 20.7 Å². The number of hydrogen-bond donors (Lipinski definition) is 0. The topological polar surface area (TPSA) is 9.23 Å². The average Bonchev–Trinajstić information content (AvgIpc) is 1.96. The third-order valence-corrected chi connectivity index (χ3v) is 2.77. The van der Waals surface area contributed by atoms with Crippen molar-refractivity contribution in [2.75, 3.05) is 0 Å². The third kappa shape index (κ3) is 3.06. The second-order valence-corrected chi connectivity index (χ2v) is 3.82. The Morgan fingerprint density at radius 1 is 1.36 bits per heavy atom. The van der Waals surface area contributed by atoms with Crippen LogP contribution >= 0.6 is 27.5 Å². The molecule has 0 spiro atoms. The average molecular weight is 289 g/mol. The molecule has 0 amide bonds. The van der Waals surface area contributed by atoms with E-state index < -0.39 is 6.36 Å². The van der Waals surface area contributed by atoms with Crippen molar-refractivity contribution in [3.8, 4) is 5.75 Å². The van der Waals surface area contributed by atoms with Crippen LogP contribution in [0, 0.1) is 6.92 Å². The Morgan fingerprint density at radius 2 is 1.93 bits per heavy atom. The first-order chi connectivity index (χ1) is 6.29. The lowest BCUT2D eigenvalue weighted by Gasteiger charge is -2.10. The van der Waals surface area contributed by atoms with Crippen LogP contribution in [0.2, 0.25) is 5.02 Å². The molecule has 0 aliphatic rings. The van der Waals surface area contributed by atoms with Gasteiger partial charge in [-0.05, 0) is 40.5 Å². The molecule has 0 aliphatic carbocycles. The normalized spacial score (nSPS) is 11.6. The molecule has 0 unspecified atom stereocenters. The Hall–Kier alpha value is -0.420. The summed E-state index contributed by atoms with van der Waals surface area (Å²) in [5.41, 5.74) is 0.514. The van der Waals surface area contributed by atoms with Gasteiger partial charge in [-0.1, -0.05) is 11.6 Å². The summed E-state index contributed by atoms with van der Waals surface area (Å²) in [5.74, 6) is -0.286. The Morgan fingerprint density at radius 3 is 2.36 bits per heavy atom. The third-order valence-electron chi connectivity index (χ3n) is 1.42. The smallest absolute Gasteiger partial charge is 0.406 e. The molecule has 1 nitrogen and oxygen atoms in total. The van der Waals surface area contributed by atoms with Crippen molar-refractivity contribution in [2.24, 2.45) is 0 Å². The first-order valence-corrected chi connectivity index (χ1v) is 4.68. The highest BCUT2D eigenvalue weighted by molar-refractivity contribution is 9.10. The van der Waals surface area contributed by atoms with Gasteiger partial charge in [0.1, 0.15) is 5.75 Å². The largest absolute Gasteiger partial charge is 0.573 e. The first-order valence-electron chi connectivity index (χ1n) is 3.51. The van der Waals surface area contributed by atoms with E-state index in [-0.39, 0.29) is 5.75 Å². The quantitative estimate of drug-likeness (QED) is 0.748. The number of aryl methyl sites for hydroxylation is 1. The monoisotopic (exact) mass is 288 g/mol.